The second kappa shape index (κ2) is 8.92. The average Bonchev–Trinajstić information content (AvgIpc) is 3.55. The smallest absolute Gasteiger partial charge is 0.282 e. The van der Waals surface area contributed by atoms with Crippen LogP contribution in [0.1, 0.15) is 11.9 Å². The summed E-state index contributed by atoms with van der Waals surface area (Å²) in [6.07, 6.45) is 0.492. The molecular weight excluding hydrogens is 500 g/mol. The van der Waals surface area contributed by atoms with E-state index in [0.717, 1.165) is 11.5 Å². The van der Waals surface area contributed by atoms with Crippen LogP contribution in [0.4, 0.5) is 11.6 Å². The number of nitrogens with one attached hydrogen (secondary N) is 1. The maximum atomic E-state index is 13.3. The number of carbonyl (C=O) groups is 1. The first-order valence-electron chi connectivity index (χ1n) is 11.2. The number of benzene rings is 1. The number of H-pyrrole nitrogens is 1. The second-order valence-electron chi connectivity index (χ2n) is 8.26. The number of aromatic amines is 1. The molecule has 2 atom stereocenters. The van der Waals surface area contributed by atoms with Crippen LogP contribution in [0.25, 0.3) is 26.7 Å². The molecule has 0 spiro atoms. The molecule has 1 aliphatic rings. The van der Waals surface area contributed by atoms with E-state index < -0.39 is 23.7 Å². The van der Waals surface area contributed by atoms with E-state index >= 15 is 0 Å². The normalized spacial score (nSPS) is 17.0. The monoisotopic (exact) mass is 520 g/mol. The highest BCUT2D eigenvalue weighted by Gasteiger charge is 2.38. The minimum absolute atomic E-state index is 0.0797. The number of rotatable bonds is 5. The Labute approximate surface area is 212 Å². The Bertz CT molecular complexity index is 1710. The van der Waals surface area contributed by atoms with Crippen molar-refractivity contribution < 1.29 is 19.4 Å². The van der Waals surface area contributed by atoms with E-state index in [4.69, 9.17) is 15.2 Å². The summed E-state index contributed by atoms with van der Waals surface area (Å²) in [5, 5.41) is 16.5. The molecule has 1 saturated heterocycles. The second-order valence-corrected chi connectivity index (χ2v) is 9.03. The molecule has 0 saturated carbocycles. The zero-order chi connectivity index (χ0) is 25.7. The fourth-order valence-corrected chi connectivity index (χ4v) is 5.12. The lowest BCUT2D eigenvalue weighted by atomic mass is 10.1. The Hall–Kier alpha value is -4.40. The number of fused-ring (bicyclic) bond motifs is 3. The Morgan fingerprint density at radius 2 is 2.16 bits per heavy atom. The molecule has 37 heavy (non-hydrogen) atoms. The van der Waals surface area contributed by atoms with Crippen LogP contribution in [0.3, 0.4) is 0 Å². The van der Waals surface area contributed by atoms with Crippen LogP contribution in [0, 0.1) is 0 Å². The van der Waals surface area contributed by atoms with Crippen molar-refractivity contribution in [1.29, 1.82) is 0 Å². The number of aromatic nitrogens is 6. The fourth-order valence-electron chi connectivity index (χ4n) is 4.27. The number of methoxy groups -OCH3 is 1. The lowest BCUT2D eigenvalue weighted by Gasteiger charge is -2.32. The number of nitrogens with two attached hydrogens (primary N) is 1. The van der Waals surface area contributed by atoms with Crippen molar-refractivity contribution in [1.82, 2.24) is 29.1 Å². The Kier molecular flexibility index (Phi) is 5.55. The van der Waals surface area contributed by atoms with Crippen molar-refractivity contribution in [3.05, 3.63) is 58.9 Å². The molecule has 1 aliphatic heterocycles. The van der Waals surface area contributed by atoms with Crippen LogP contribution >= 0.6 is 11.5 Å². The minimum Gasteiger partial charge on any atom is -0.481 e. The molecule has 1 fully saturated rings. The first kappa shape index (κ1) is 23.0. The number of morpholine rings is 1. The molecular formula is C23H20N8O5S. The van der Waals surface area contributed by atoms with Gasteiger partial charge in [-0.25, -0.2) is 9.67 Å². The number of ether oxygens (including phenoxy) is 2. The first-order valence-corrected chi connectivity index (χ1v) is 12.0. The number of nitrogen functional groups attached to an aromatic ring is 1. The predicted molar refractivity (Wildman–Crippen MR) is 135 cm³/mol. The first-order chi connectivity index (χ1) is 17.9. The van der Waals surface area contributed by atoms with Crippen LogP contribution in [0.15, 0.2) is 47.5 Å². The van der Waals surface area contributed by atoms with Gasteiger partial charge in [0.1, 0.15) is 17.7 Å². The summed E-state index contributed by atoms with van der Waals surface area (Å²) in [4.78, 5) is 38.7. The van der Waals surface area contributed by atoms with Crippen molar-refractivity contribution in [3.63, 3.8) is 0 Å². The highest BCUT2D eigenvalue weighted by atomic mass is 32.1. The lowest BCUT2D eigenvalue weighted by Crippen LogP contribution is -2.50. The summed E-state index contributed by atoms with van der Waals surface area (Å²) < 4.78 is 17.1. The van der Waals surface area contributed by atoms with Crippen molar-refractivity contribution in [2.45, 2.75) is 12.2 Å². The molecule has 0 bridgehead atoms. The Morgan fingerprint density at radius 1 is 1.30 bits per heavy atom. The van der Waals surface area contributed by atoms with Gasteiger partial charge >= 0.3 is 0 Å². The quantitative estimate of drug-likeness (QED) is 0.305. The summed E-state index contributed by atoms with van der Waals surface area (Å²) in [6, 6.07) is 8.55. The molecule has 13 nitrogen and oxygen atoms in total. The van der Waals surface area contributed by atoms with Gasteiger partial charge in [-0.05, 0) is 29.7 Å². The topological polar surface area (TPSA) is 174 Å². The van der Waals surface area contributed by atoms with Gasteiger partial charge < -0.3 is 25.3 Å². The standard InChI is InChI=1S/C23H20N8O5S/c1-35-15-10-11(4-6-25-15)31-7-5-14(28-31)30-8-9-36-18(23(30)34)17(32)21-26-13-3-2-12-19(37-29-20(12)24)16(13)22(33)27-21/h2-7,10,17-18,32H,8-9H2,1H3,(H2,24,29)(H,26,27,33)/t17-,18-/m1/s1. The molecule has 4 aromatic heterocycles. The maximum Gasteiger partial charge on any atom is 0.282 e. The van der Waals surface area contributed by atoms with Gasteiger partial charge in [0, 0.05) is 29.9 Å². The van der Waals surface area contributed by atoms with E-state index in [1.165, 1.54) is 12.0 Å². The average molecular weight is 521 g/mol. The number of pyridine rings is 1. The van der Waals surface area contributed by atoms with Gasteiger partial charge in [-0.1, -0.05) is 0 Å². The van der Waals surface area contributed by atoms with Crippen LogP contribution < -0.4 is 20.9 Å². The highest BCUT2D eigenvalue weighted by molar-refractivity contribution is 7.14. The largest absolute Gasteiger partial charge is 0.481 e. The molecule has 1 amide bonds. The van der Waals surface area contributed by atoms with Crippen LogP contribution in [0.2, 0.25) is 0 Å². The van der Waals surface area contributed by atoms with E-state index in [9.17, 15) is 14.7 Å². The summed E-state index contributed by atoms with van der Waals surface area (Å²) in [7, 11) is 1.52. The van der Waals surface area contributed by atoms with E-state index in [-0.39, 0.29) is 19.0 Å². The predicted octanol–water partition coefficient (Wildman–Crippen LogP) is 1.17. The number of nitrogens with zero attached hydrogens (tertiary/aromatic N) is 6. The van der Waals surface area contributed by atoms with Gasteiger partial charge in [0.15, 0.2) is 11.9 Å². The SMILES string of the molecule is COc1cc(-n2ccc(N3CCO[C@H]([C@@H](O)c4nc(=O)c5c(ccc6c(N)nsc65)[nH]4)C3=O)n2)ccn1. The van der Waals surface area contributed by atoms with Crippen molar-refractivity contribution >= 4 is 50.1 Å². The number of aliphatic hydroxyl groups is 1. The van der Waals surface area contributed by atoms with Crippen LogP contribution in [-0.2, 0) is 9.53 Å². The molecule has 0 radical (unpaired) electrons. The molecule has 4 N–H and O–H groups in total. The van der Waals surface area contributed by atoms with E-state index in [0.29, 0.717) is 44.2 Å². The van der Waals surface area contributed by atoms with E-state index in [2.05, 4.69) is 24.4 Å². The van der Waals surface area contributed by atoms with Gasteiger partial charge in [-0.3, -0.25) is 14.5 Å². The number of anilines is 2. The number of hydrogen-bond acceptors (Lipinski definition) is 11. The lowest BCUT2D eigenvalue weighted by molar-refractivity contribution is -0.143. The van der Waals surface area contributed by atoms with Gasteiger partial charge in [-0.15, -0.1) is 5.10 Å². The molecule has 0 unspecified atom stereocenters. The van der Waals surface area contributed by atoms with E-state index in [1.54, 1.807) is 47.4 Å². The molecule has 188 valence electrons. The molecule has 6 rings (SSSR count). The zero-order valence-corrected chi connectivity index (χ0v) is 20.2. The summed E-state index contributed by atoms with van der Waals surface area (Å²) >= 11 is 1.10. The number of amides is 1. The molecule has 0 aliphatic carbocycles. The highest BCUT2D eigenvalue weighted by Crippen LogP contribution is 2.30. The minimum atomic E-state index is -1.51. The summed E-state index contributed by atoms with van der Waals surface area (Å²) in [5.74, 6) is 0.550. The van der Waals surface area contributed by atoms with Gasteiger partial charge in [0.25, 0.3) is 11.5 Å². The number of hydrogen-bond donors (Lipinski definition) is 3. The van der Waals surface area contributed by atoms with Gasteiger partial charge in [0.2, 0.25) is 5.88 Å². The van der Waals surface area contributed by atoms with Crippen LogP contribution in [0.5, 0.6) is 5.88 Å². The third kappa shape index (κ3) is 3.87. The molecule has 5 aromatic rings. The number of aliphatic hydroxyl groups excluding tert-OH is 1. The summed E-state index contributed by atoms with van der Waals surface area (Å²) in [5.41, 5.74) is 6.44. The third-order valence-electron chi connectivity index (χ3n) is 6.10. The molecule has 5 heterocycles. The fraction of sp³-hybridized carbons (Fsp3) is 0.217. The van der Waals surface area contributed by atoms with Gasteiger partial charge in [0.05, 0.1) is 41.6 Å². The van der Waals surface area contributed by atoms with Gasteiger partial charge in [-0.2, -0.15) is 9.36 Å². The summed E-state index contributed by atoms with van der Waals surface area (Å²) in [6.45, 7) is 0.396. The zero-order valence-electron chi connectivity index (χ0n) is 19.4. The molecule has 1 aromatic carbocycles. The van der Waals surface area contributed by atoms with Crippen LogP contribution in [-0.4, -0.2) is 66.5 Å². The Balaban J connectivity index is 1.29. The Morgan fingerprint density at radius 3 is 3.00 bits per heavy atom. The van der Waals surface area contributed by atoms with Crippen molar-refractivity contribution in [2.24, 2.45) is 0 Å². The third-order valence-corrected chi connectivity index (χ3v) is 6.99. The van der Waals surface area contributed by atoms with Crippen molar-refractivity contribution in [3.8, 4) is 11.6 Å². The number of carbonyl (C=O) groups excluding carboxylic acids is 1. The van der Waals surface area contributed by atoms with Crippen molar-refractivity contribution in [2.75, 3.05) is 30.9 Å². The maximum absolute atomic E-state index is 13.3. The molecule has 14 heteroatoms. The van der Waals surface area contributed by atoms with E-state index in [1.807, 2.05) is 0 Å².